The molecule has 1 heterocycles. The van der Waals surface area contributed by atoms with Crippen LogP contribution in [0.5, 0.6) is 0 Å². The highest BCUT2D eigenvalue weighted by Gasteiger charge is 2.19. The lowest BCUT2D eigenvalue weighted by atomic mass is 9.94. The Bertz CT molecular complexity index is 206. The topological polar surface area (TPSA) is 64.9 Å². The summed E-state index contributed by atoms with van der Waals surface area (Å²) in [4.78, 5) is 3.93. The molecule has 4 nitrogen and oxygen atoms in total. The highest BCUT2D eigenvalue weighted by molar-refractivity contribution is 4.91. The lowest BCUT2D eigenvalue weighted by molar-refractivity contribution is 0.361. The lowest BCUT2D eigenvalue weighted by Crippen LogP contribution is -2.21. The summed E-state index contributed by atoms with van der Waals surface area (Å²) in [6.07, 6.45) is 3.41. The van der Waals surface area contributed by atoms with Gasteiger partial charge in [0.2, 0.25) is 6.39 Å². The number of aromatic nitrogens is 2. The minimum absolute atomic E-state index is 0.0845. The van der Waals surface area contributed by atoms with Crippen molar-refractivity contribution in [2.75, 3.05) is 0 Å². The summed E-state index contributed by atoms with van der Waals surface area (Å²) in [5.74, 6) is 1.06. The van der Waals surface area contributed by atoms with Crippen molar-refractivity contribution in [2.24, 2.45) is 11.7 Å². The van der Waals surface area contributed by atoms with E-state index in [0.717, 1.165) is 12.8 Å². The maximum Gasteiger partial charge on any atom is 0.213 e. The van der Waals surface area contributed by atoms with Gasteiger partial charge >= 0.3 is 0 Å². The van der Waals surface area contributed by atoms with E-state index < -0.39 is 0 Å². The first kappa shape index (κ1) is 9.19. The molecule has 4 heteroatoms. The second kappa shape index (κ2) is 4.21. The molecule has 0 aliphatic heterocycles. The Morgan fingerprint density at radius 3 is 2.58 bits per heavy atom. The van der Waals surface area contributed by atoms with Gasteiger partial charge in [0.05, 0.1) is 6.04 Å². The van der Waals surface area contributed by atoms with E-state index >= 15 is 0 Å². The summed E-state index contributed by atoms with van der Waals surface area (Å²) >= 11 is 0. The predicted octanol–water partition coefficient (Wildman–Crippen LogP) is 1.51. The number of nitrogens with two attached hydrogens (primary N) is 1. The first-order chi connectivity index (χ1) is 5.79. The molecule has 0 saturated heterocycles. The van der Waals surface area contributed by atoms with Gasteiger partial charge in [0.15, 0.2) is 5.82 Å². The SMILES string of the molecule is CCC(CC)C(N)c1ncon1. The summed E-state index contributed by atoms with van der Waals surface area (Å²) in [5.41, 5.74) is 5.92. The van der Waals surface area contributed by atoms with Gasteiger partial charge in [-0.15, -0.1) is 0 Å². The third-order valence-electron chi connectivity index (χ3n) is 2.23. The molecule has 1 aromatic rings. The Balaban J connectivity index is 2.63. The molecule has 12 heavy (non-hydrogen) atoms. The number of hydrogen-bond donors (Lipinski definition) is 1. The van der Waals surface area contributed by atoms with Crippen LogP contribution in [-0.2, 0) is 0 Å². The third kappa shape index (κ3) is 1.82. The lowest BCUT2D eigenvalue weighted by Gasteiger charge is -2.17. The molecule has 0 radical (unpaired) electrons. The Morgan fingerprint density at radius 2 is 2.17 bits per heavy atom. The molecule has 1 unspecified atom stereocenters. The highest BCUT2D eigenvalue weighted by Crippen LogP contribution is 2.21. The van der Waals surface area contributed by atoms with E-state index in [2.05, 4.69) is 28.5 Å². The summed E-state index contributed by atoms with van der Waals surface area (Å²) in [6, 6.07) is -0.0845. The number of hydrogen-bond acceptors (Lipinski definition) is 4. The molecule has 1 atom stereocenters. The Hall–Kier alpha value is -0.900. The summed E-state index contributed by atoms with van der Waals surface area (Å²) in [6.45, 7) is 4.24. The molecule has 68 valence electrons. The highest BCUT2D eigenvalue weighted by atomic mass is 16.5. The van der Waals surface area contributed by atoms with Crippen LogP contribution in [0.2, 0.25) is 0 Å². The predicted molar refractivity (Wildman–Crippen MR) is 45.3 cm³/mol. The van der Waals surface area contributed by atoms with Gasteiger partial charge in [-0.05, 0) is 5.92 Å². The zero-order valence-corrected chi connectivity index (χ0v) is 7.53. The maximum atomic E-state index is 5.92. The Morgan fingerprint density at radius 1 is 1.50 bits per heavy atom. The first-order valence-corrected chi connectivity index (χ1v) is 4.31. The summed E-state index contributed by atoms with van der Waals surface area (Å²) < 4.78 is 4.63. The number of nitrogens with zero attached hydrogens (tertiary/aromatic N) is 2. The molecule has 0 saturated carbocycles. The first-order valence-electron chi connectivity index (χ1n) is 4.31. The van der Waals surface area contributed by atoms with E-state index in [0.29, 0.717) is 11.7 Å². The molecule has 1 aromatic heterocycles. The fourth-order valence-electron chi connectivity index (χ4n) is 1.33. The summed E-state index contributed by atoms with van der Waals surface area (Å²) in [5, 5.41) is 3.72. The van der Waals surface area contributed by atoms with Crippen LogP contribution in [0.3, 0.4) is 0 Å². The maximum absolute atomic E-state index is 5.92. The van der Waals surface area contributed by atoms with E-state index in [1.165, 1.54) is 6.39 Å². The van der Waals surface area contributed by atoms with E-state index in [1.54, 1.807) is 0 Å². The van der Waals surface area contributed by atoms with Crippen LogP contribution in [0.4, 0.5) is 0 Å². The molecule has 0 bridgehead atoms. The van der Waals surface area contributed by atoms with E-state index in [9.17, 15) is 0 Å². The quantitative estimate of drug-likeness (QED) is 0.741. The van der Waals surface area contributed by atoms with Crippen LogP contribution in [0, 0.1) is 5.92 Å². The van der Waals surface area contributed by atoms with Crippen LogP contribution in [0.25, 0.3) is 0 Å². The smallest absolute Gasteiger partial charge is 0.213 e. The Labute approximate surface area is 72.1 Å². The van der Waals surface area contributed by atoms with Crippen molar-refractivity contribution < 1.29 is 4.52 Å². The van der Waals surface area contributed by atoms with E-state index in [-0.39, 0.29) is 6.04 Å². The molecule has 0 aliphatic carbocycles. The van der Waals surface area contributed by atoms with E-state index in [1.807, 2.05) is 0 Å². The van der Waals surface area contributed by atoms with Crippen LogP contribution in [0.1, 0.15) is 38.6 Å². The zero-order valence-electron chi connectivity index (χ0n) is 7.53. The largest absolute Gasteiger partial charge is 0.343 e. The van der Waals surface area contributed by atoms with Gasteiger partial charge in [0.1, 0.15) is 0 Å². The van der Waals surface area contributed by atoms with Crippen molar-refractivity contribution in [1.29, 1.82) is 0 Å². The van der Waals surface area contributed by atoms with Crippen molar-refractivity contribution in [1.82, 2.24) is 10.1 Å². The standard InChI is InChI=1S/C8H15N3O/c1-3-6(4-2)7(9)8-10-5-12-11-8/h5-7H,3-4,9H2,1-2H3. The van der Waals surface area contributed by atoms with Gasteiger partial charge < -0.3 is 10.3 Å². The van der Waals surface area contributed by atoms with Gasteiger partial charge in [0.25, 0.3) is 0 Å². The summed E-state index contributed by atoms with van der Waals surface area (Å²) in [7, 11) is 0. The average Bonchev–Trinajstić information content (AvgIpc) is 2.58. The van der Waals surface area contributed by atoms with Gasteiger partial charge in [-0.25, -0.2) is 0 Å². The molecule has 2 N–H and O–H groups in total. The second-order valence-electron chi connectivity index (χ2n) is 2.89. The zero-order chi connectivity index (χ0) is 8.97. The van der Waals surface area contributed by atoms with Gasteiger partial charge in [0, 0.05) is 0 Å². The fraction of sp³-hybridized carbons (Fsp3) is 0.750. The minimum atomic E-state index is -0.0845. The van der Waals surface area contributed by atoms with E-state index in [4.69, 9.17) is 5.73 Å². The third-order valence-corrected chi connectivity index (χ3v) is 2.23. The average molecular weight is 169 g/mol. The van der Waals surface area contributed by atoms with Crippen molar-refractivity contribution in [2.45, 2.75) is 32.7 Å². The van der Waals surface area contributed by atoms with Gasteiger partial charge in [-0.1, -0.05) is 31.8 Å². The molecular formula is C8H15N3O. The molecule has 0 aliphatic rings. The second-order valence-corrected chi connectivity index (χ2v) is 2.89. The molecule has 0 aromatic carbocycles. The van der Waals surface area contributed by atoms with Gasteiger partial charge in [-0.2, -0.15) is 4.98 Å². The molecule has 0 fully saturated rings. The molecule has 0 spiro atoms. The monoisotopic (exact) mass is 169 g/mol. The minimum Gasteiger partial charge on any atom is -0.343 e. The van der Waals surface area contributed by atoms with Crippen molar-refractivity contribution >= 4 is 0 Å². The van der Waals surface area contributed by atoms with Crippen molar-refractivity contribution in [3.63, 3.8) is 0 Å². The molecule has 1 rings (SSSR count). The Kier molecular flexibility index (Phi) is 3.22. The van der Waals surface area contributed by atoms with Crippen LogP contribution < -0.4 is 5.73 Å². The number of rotatable bonds is 4. The van der Waals surface area contributed by atoms with Crippen molar-refractivity contribution in [3.8, 4) is 0 Å². The van der Waals surface area contributed by atoms with Crippen molar-refractivity contribution in [3.05, 3.63) is 12.2 Å². The molecule has 0 amide bonds. The van der Waals surface area contributed by atoms with Crippen LogP contribution in [-0.4, -0.2) is 10.1 Å². The normalized spacial score (nSPS) is 13.7. The fourth-order valence-corrected chi connectivity index (χ4v) is 1.33. The van der Waals surface area contributed by atoms with Gasteiger partial charge in [-0.3, -0.25) is 0 Å². The molecular weight excluding hydrogens is 154 g/mol. The van der Waals surface area contributed by atoms with Crippen LogP contribution >= 0.6 is 0 Å². The van der Waals surface area contributed by atoms with Crippen LogP contribution in [0.15, 0.2) is 10.9 Å².